The Morgan fingerprint density at radius 1 is 1.45 bits per heavy atom. The van der Waals surface area contributed by atoms with Gasteiger partial charge in [-0.05, 0) is 44.4 Å². The van der Waals surface area contributed by atoms with Gasteiger partial charge in [-0.15, -0.1) is 0 Å². The summed E-state index contributed by atoms with van der Waals surface area (Å²) in [5.74, 6) is 1.45. The largest absolute Gasteiger partial charge is 0.492 e. The molecular formula is C16H24N2O2. The Morgan fingerprint density at radius 2 is 2.25 bits per heavy atom. The number of hydrogen-bond donors (Lipinski definition) is 1. The van der Waals surface area contributed by atoms with E-state index in [1.807, 2.05) is 31.2 Å². The van der Waals surface area contributed by atoms with Crippen LogP contribution in [-0.4, -0.2) is 37.0 Å². The number of ether oxygens (including phenoxy) is 1. The van der Waals surface area contributed by atoms with E-state index >= 15 is 0 Å². The van der Waals surface area contributed by atoms with Crippen molar-refractivity contribution < 1.29 is 9.53 Å². The van der Waals surface area contributed by atoms with Crippen LogP contribution in [0.5, 0.6) is 5.75 Å². The minimum atomic E-state index is 0.0336. The highest BCUT2D eigenvalue weighted by molar-refractivity contribution is 5.93. The monoisotopic (exact) mass is 276 g/mol. The number of rotatable bonds is 5. The summed E-state index contributed by atoms with van der Waals surface area (Å²) in [6.45, 7) is 7.27. The topological polar surface area (TPSA) is 41.6 Å². The number of amides is 1. The Kier molecular flexibility index (Phi) is 5.41. The summed E-state index contributed by atoms with van der Waals surface area (Å²) in [6.07, 6.45) is 2.45. The number of likely N-dealkylation sites (tertiary alicyclic amines) is 1. The fourth-order valence-electron chi connectivity index (χ4n) is 2.67. The van der Waals surface area contributed by atoms with Crippen molar-refractivity contribution in [3.8, 4) is 5.75 Å². The maximum Gasteiger partial charge on any atom is 0.238 e. The molecule has 110 valence electrons. The second kappa shape index (κ2) is 7.29. The van der Waals surface area contributed by atoms with Crippen LogP contribution in [0, 0.1) is 5.92 Å². The standard InChI is InChI=1S/C16H24N2O2/c1-3-20-15-9-5-4-8-14(15)17-16(19)12-18-10-6-7-13(2)11-18/h4-5,8-9,13H,3,6-7,10-12H2,1-2H3,(H,17,19)/t13-/m0/s1. The van der Waals surface area contributed by atoms with E-state index < -0.39 is 0 Å². The molecule has 4 heteroatoms. The van der Waals surface area contributed by atoms with Crippen LogP contribution in [0.25, 0.3) is 0 Å². The molecule has 4 nitrogen and oxygen atoms in total. The van der Waals surface area contributed by atoms with E-state index in [0.717, 1.165) is 24.5 Å². The second-order valence-corrected chi connectivity index (χ2v) is 5.46. The maximum atomic E-state index is 12.1. The normalized spacial score (nSPS) is 19.6. The summed E-state index contributed by atoms with van der Waals surface area (Å²) >= 11 is 0. The Morgan fingerprint density at radius 3 is 3.00 bits per heavy atom. The molecule has 1 aromatic carbocycles. The summed E-state index contributed by atoms with van der Waals surface area (Å²) in [5, 5.41) is 2.95. The zero-order valence-corrected chi connectivity index (χ0v) is 12.4. The molecule has 1 heterocycles. The lowest BCUT2D eigenvalue weighted by Gasteiger charge is -2.30. The van der Waals surface area contributed by atoms with Gasteiger partial charge in [0.1, 0.15) is 5.75 Å². The van der Waals surface area contributed by atoms with Gasteiger partial charge < -0.3 is 10.1 Å². The number of benzene rings is 1. The lowest BCUT2D eigenvalue weighted by molar-refractivity contribution is -0.117. The van der Waals surface area contributed by atoms with E-state index in [1.165, 1.54) is 12.8 Å². The third-order valence-electron chi connectivity index (χ3n) is 3.57. The van der Waals surface area contributed by atoms with Crippen LogP contribution in [0.2, 0.25) is 0 Å². The highest BCUT2D eigenvalue weighted by Crippen LogP contribution is 2.23. The molecule has 0 saturated carbocycles. The molecule has 1 N–H and O–H groups in total. The third-order valence-corrected chi connectivity index (χ3v) is 3.57. The molecule has 1 fully saturated rings. The molecule has 1 aliphatic heterocycles. The average Bonchev–Trinajstić information content (AvgIpc) is 2.41. The molecular weight excluding hydrogens is 252 g/mol. The molecule has 20 heavy (non-hydrogen) atoms. The molecule has 1 atom stereocenters. The van der Waals surface area contributed by atoms with Crippen LogP contribution in [0.15, 0.2) is 24.3 Å². The molecule has 0 aromatic heterocycles. The van der Waals surface area contributed by atoms with Gasteiger partial charge >= 0.3 is 0 Å². The number of hydrogen-bond acceptors (Lipinski definition) is 3. The quantitative estimate of drug-likeness (QED) is 0.899. The zero-order chi connectivity index (χ0) is 14.4. The van der Waals surface area contributed by atoms with Gasteiger partial charge in [-0.1, -0.05) is 19.1 Å². The van der Waals surface area contributed by atoms with Crippen molar-refractivity contribution in [3.05, 3.63) is 24.3 Å². The van der Waals surface area contributed by atoms with Crippen LogP contribution < -0.4 is 10.1 Å². The van der Waals surface area contributed by atoms with Gasteiger partial charge in [0.05, 0.1) is 18.8 Å². The smallest absolute Gasteiger partial charge is 0.238 e. The Hall–Kier alpha value is -1.55. The average molecular weight is 276 g/mol. The fourth-order valence-corrected chi connectivity index (χ4v) is 2.67. The number of para-hydroxylation sites is 2. The molecule has 1 aromatic rings. The molecule has 0 unspecified atom stereocenters. The molecule has 0 bridgehead atoms. The van der Waals surface area contributed by atoms with Crippen molar-refractivity contribution in [3.63, 3.8) is 0 Å². The summed E-state index contributed by atoms with van der Waals surface area (Å²) in [4.78, 5) is 14.4. The predicted molar refractivity (Wildman–Crippen MR) is 81.1 cm³/mol. The van der Waals surface area contributed by atoms with Crippen molar-refractivity contribution in [2.75, 3.05) is 31.6 Å². The molecule has 1 saturated heterocycles. The Bertz CT molecular complexity index is 448. The van der Waals surface area contributed by atoms with Gasteiger partial charge in [0.25, 0.3) is 0 Å². The van der Waals surface area contributed by atoms with Crippen molar-refractivity contribution in [1.29, 1.82) is 0 Å². The van der Waals surface area contributed by atoms with Crippen LogP contribution in [0.1, 0.15) is 26.7 Å². The molecule has 1 amide bonds. The minimum Gasteiger partial charge on any atom is -0.492 e. The highest BCUT2D eigenvalue weighted by Gasteiger charge is 2.18. The lowest BCUT2D eigenvalue weighted by atomic mass is 10.0. The number of piperidine rings is 1. The maximum absolute atomic E-state index is 12.1. The third kappa shape index (κ3) is 4.23. The van der Waals surface area contributed by atoms with Gasteiger partial charge in [0, 0.05) is 6.54 Å². The molecule has 2 rings (SSSR count). The number of carbonyl (C=O) groups excluding carboxylic acids is 1. The summed E-state index contributed by atoms with van der Waals surface area (Å²) in [6, 6.07) is 7.57. The van der Waals surface area contributed by atoms with Crippen molar-refractivity contribution in [1.82, 2.24) is 4.90 Å². The van der Waals surface area contributed by atoms with Gasteiger partial charge in [-0.3, -0.25) is 9.69 Å². The first-order valence-electron chi connectivity index (χ1n) is 7.43. The van der Waals surface area contributed by atoms with Crippen molar-refractivity contribution in [2.45, 2.75) is 26.7 Å². The highest BCUT2D eigenvalue weighted by atomic mass is 16.5. The van der Waals surface area contributed by atoms with Gasteiger partial charge in [0.15, 0.2) is 0 Å². The van der Waals surface area contributed by atoms with Gasteiger partial charge in [-0.2, -0.15) is 0 Å². The molecule has 1 aliphatic rings. The van der Waals surface area contributed by atoms with Crippen LogP contribution in [0.3, 0.4) is 0 Å². The number of nitrogens with one attached hydrogen (secondary N) is 1. The van der Waals surface area contributed by atoms with Crippen LogP contribution in [-0.2, 0) is 4.79 Å². The van der Waals surface area contributed by atoms with E-state index in [2.05, 4.69) is 17.1 Å². The van der Waals surface area contributed by atoms with Crippen molar-refractivity contribution in [2.24, 2.45) is 5.92 Å². The molecule has 0 aliphatic carbocycles. The Labute approximate surface area is 121 Å². The zero-order valence-electron chi connectivity index (χ0n) is 12.4. The summed E-state index contributed by atoms with van der Waals surface area (Å²) in [7, 11) is 0. The van der Waals surface area contributed by atoms with E-state index in [-0.39, 0.29) is 5.91 Å². The van der Waals surface area contributed by atoms with E-state index in [9.17, 15) is 4.79 Å². The lowest BCUT2D eigenvalue weighted by Crippen LogP contribution is -2.39. The first-order valence-corrected chi connectivity index (χ1v) is 7.43. The Balaban J connectivity index is 1.91. The number of carbonyl (C=O) groups is 1. The second-order valence-electron chi connectivity index (χ2n) is 5.46. The molecule has 0 radical (unpaired) electrons. The van der Waals surface area contributed by atoms with E-state index in [1.54, 1.807) is 0 Å². The van der Waals surface area contributed by atoms with Crippen LogP contribution in [0.4, 0.5) is 5.69 Å². The molecule has 0 spiro atoms. The minimum absolute atomic E-state index is 0.0336. The SMILES string of the molecule is CCOc1ccccc1NC(=O)CN1CCC[C@H](C)C1. The summed E-state index contributed by atoms with van der Waals surface area (Å²) < 4.78 is 5.52. The van der Waals surface area contributed by atoms with Crippen LogP contribution >= 0.6 is 0 Å². The van der Waals surface area contributed by atoms with E-state index in [4.69, 9.17) is 4.74 Å². The number of nitrogens with zero attached hydrogens (tertiary/aromatic N) is 1. The first-order chi connectivity index (χ1) is 9.69. The summed E-state index contributed by atoms with van der Waals surface area (Å²) in [5.41, 5.74) is 0.754. The predicted octanol–water partition coefficient (Wildman–Crippen LogP) is 2.76. The van der Waals surface area contributed by atoms with Crippen molar-refractivity contribution >= 4 is 11.6 Å². The fraction of sp³-hybridized carbons (Fsp3) is 0.562. The number of anilines is 1. The van der Waals surface area contributed by atoms with E-state index in [0.29, 0.717) is 19.1 Å². The van der Waals surface area contributed by atoms with Gasteiger partial charge in [-0.25, -0.2) is 0 Å². The van der Waals surface area contributed by atoms with Gasteiger partial charge in [0.2, 0.25) is 5.91 Å². The first kappa shape index (κ1) is 14.9.